The number of likely N-dealkylation sites (tertiary alicyclic amines) is 2. The first-order valence-electron chi connectivity index (χ1n) is 7.90. The highest BCUT2D eigenvalue weighted by atomic mass is 16.4. The van der Waals surface area contributed by atoms with E-state index in [1.165, 1.54) is 0 Å². The summed E-state index contributed by atoms with van der Waals surface area (Å²) in [6.07, 6.45) is 9.68. The van der Waals surface area contributed by atoms with Gasteiger partial charge in [0.1, 0.15) is 6.04 Å². The monoisotopic (exact) mass is 292 g/mol. The van der Waals surface area contributed by atoms with E-state index in [2.05, 4.69) is 19.4 Å². The Labute approximate surface area is 125 Å². The molecule has 21 heavy (non-hydrogen) atoms. The highest BCUT2D eigenvalue weighted by Gasteiger charge is 2.36. The van der Waals surface area contributed by atoms with Crippen molar-refractivity contribution in [1.29, 1.82) is 0 Å². The number of rotatable bonds is 5. The molecule has 3 heterocycles. The van der Waals surface area contributed by atoms with Crippen LogP contribution in [-0.2, 0) is 11.3 Å². The van der Waals surface area contributed by atoms with Crippen molar-refractivity contribution >= 4 is 5.97 Å². The Hall–Kier alpha value is -1.40. The van der Waals surface area contributed by atoms with Gasteiger partial charge in [-0.1, -0.05) is 0 Å². The number of carboxylic acids is 1. The van der Waals surface area contributed by atoms with E-state index in [0.717, 1.165) is 58.4 Å². The lowest BCUT2D eigenvalue weighted by Gasteiger charge is -2.38. The molecular weight excluding hydrogens is 268 g/mol. The number of carboxylic acid groups (broad SMARTS) is 1. The summed E-state index contributed by atoms with van der Waals surface area (Å²) < 4.78 is 2.10. The molecule has 2 saturated heterocycles. The molecule has 116 valence electrons. The summed E-state index contributed by atoms with van der Waals surface area (Å²) >= 11 is 0. The smallest absolute Gasteiger partial charge is 0.320 e. The lowest BCUT2D eigenvalue weighted by Crippen LogP contribution is -2.49. The molecule has 0 aromatic carbocycles. The Kier molecular flexibility index (Phi) is 4.55. The third-order valence-electron chi connectivity index (χ3n) is 4.84. The first-order chi connectivity index (χ1) is 10.2. The SMILES string of the molecule is O=C(O)C1CCCN1C1CCN(CCn2ccnc2)CC1. The molecule has 3 rings (SSSR count). The lowest BCUT2D eigenvalue weighted by molar-refractivity contribution is -0.143. The summed E-state index contributed by atoms with van der Waals surface area (Å²) in [4.78, 5) is 20.1. The van der Waals surface area contributed by atoms with Crippen molar-refractivity contribution < 1.29 is 9.90 Å². The third kappa shape index (κ3) is 3.44. The van der Waals surface area contributed by atoms with E-state index >= 15 is 0 Å². The van der Waals surface area contributed by atoms with E-state index in [9.17, 15) is 9.90 Å². The van der Waals surface area contributed by atoms with E-state index in [1.807, 2.05) is 18.7 Å². The zero-order valence-corrected chi connectivity index (χ0v) is 12.4. The molecule has 0 spiro atoms. The highest BCUT2D eigenvalue weighted by molar-refractivity contribution is 5.73. The number of nitrogens with zero attached hydrogens (tertiary/aromatic N) is 4. The van der Waals surface area contributed by atoms with Crippen LogP contribution in [-0.4, -0.2) is 68.7 Å². The Morgan fingerprint density at radius 1 is 1.19 bits per heavy atom. The predicted molar refractivity (Wildman–Crippen MR) is 79.1 cm³/mol. The fraction of sp³-hybridized carbons (Fsp3) is 0.733. The fourth-order valence-electron chi connectivity index (χ4n) is 3.64. The van der Waals surface area contributed by atoms with Crippen molar-refractivity contribution in [2.24, 2.45) is 0 Å². The fourth-order valence-corrected chi connectivity index (χ4v) is 3.64. The van der Waals surface area contributed by atoms with Crippen molar-refractivity contribution in [3.8, 4) is 0 Å². The van der Waals surface area contributed by atoms with Gasteiger partial charge in [-0.15, -0.1) is 0 Å². The molecule has 1 aromatic heterocycles. The molecule has 0 radical (unpaired) electrons. The minimum absolute atomic E-state index is 0.243. The topological polar surface area (TPSA) is 61.6 Å². The van der Waals surface area contributed by atoms with Gasteiger partial charge in [0, 0.05) is 31.5 Å². The van der Waals surface area contributed by atoms with Gasteiger partial charge in [0.05, 0.1) is 6.33 Å². The van der Waals surface area contributed by atoms with Crippen molar-refractivity contribution in [2.75, 3.05) is 26.2 Å². The first-order valence-corrected chi connectivity index (χ1v) is 7.90. The Morgan fingerprint density at radius 3 is 2.67 bits per heavy atom. The standard InChI is InChI=1S/C15H24N4O2/c20-15(21)14-2-1-6-19(14)13-3-7-17(8-4-13)10-11-18-9-5-16-12-18/h5,9,12-14H,1-4,6-8,10-11H2,(H,20,21). The maximum Gasteiger partial charge on any atom is 0.320 e. The molecule has 0 amide bonds. The van der Waals surface area contributed by atoms with Gasteiger partial charge in [-0.2, -0.15) is 0 Å². The van der Waals surface area contributed by atoms with Crippen LogP contribution in [0.15, 0.2) is 18.7 Å². The second kappa shape index (κ2) is 6.58. The Balaban J connectivity index is 1.45. The van der Waals surface area contributed by atoms with E-state index in [1.54, 1.807) is 0 Å². The maximum absolute atomic E-state index is 11.3. The normalized spacial score (nSPS) is 25.4. The molecule has 1 atom stereocenters. The van der Waals surface area contributed by atoms with Crippen LogP contribution in [0.3, 0.4) is 0 Å². The van der Waals surface area contributed by atoms with Crippen LogP contribution in [0.4, 0.5) is 0 Å². The molecular formula is C15H24N4O2. The van der Waals surface area contributed by atoms with Gasteiger partial charge >= 0.3 is 5.97 Å². The molecule has 6 heteroatoms. The van der Waals surface area contributed by atoms with E-state index in [0.29, 0.717) is 6.04 Å². The Bertz CT molecular complexity index is 454. The summed E-state index contributed by atoms with van der Waals surface area (Å²) in [6.45, 7) is 5.12. The Morgan fingerprint density at radius 2 is 2.00 bits per heavy atom. The van der Waals surface area contributed by atoms with Gasteiger partial charge in [0.2, 0.25) is 0 Å². The van der Waals surface area contributed by atoms with E-state index in [4.69, 9.17) is 0 Å². The molecule has 1 unspecified atom stereocenters. The second-order valence-electron chi connectivity index (χ2n) is 6.11. The molecule has 6 nitrogen and oxygen atoms in total. The second-order valence-corrected chi connectivity index (χ2v) is 6.11. The largest absolute Gasteiger partial charge is 0.480 e. The van der Waals surface area contributed by atoms with Gasteiger partial charge in [0.15, 0.2) is 0 Å². The minimum atomic E-state index is -0.643. The number of hydrogen-bond acceptors (Lipinski definition) is 4. The summed E-state index contributed by atoms with van der Waals surface area (Å²) in [5.74, 6) is -0.643. The van der Waals surface area contributed by atoms with Crippen LogP contribution in [0.5, 0.6) is 0 Å². The number of aromatic nitrogens is 2. The summed E-state index contributed by atoms with van der Waals surface area (Å²) in [6, 6.07) is 0.214. The van der Waals surface area contributed by atoms with Gasteiger partial charge in [-0.3, -0.25) is 9.69 Å². The summed E-state index contributed by atoms with van der Waals surface area (Å²) in [7, 11) is 0. The number of aliphatic carboxylic acids is 1. The van der Waals surface area contributed by atoms with Gasteiger partial charge < -0.3 is 14.6 Å². The molecule has 2 fully saturated rings. The molecule has 2 aliphatic heterocycles. The zero-order chi connectivity index (χ0) is 14.7. The average Bonchev–Trinajstić information content (AvgIpc) is 3.17. The first kappa shape index (κ1) is 14.5. The van der Waals surface area contributed by atoms with E-state index < -0.39 is 5.97 Å². The number of carbonyl (C=O) groups is 1. The van der Waals surface area contributed by atoms with Crippen molar-refractivity contribution in [3.63, 3.8) is 0 Å². The number of imidazole rings is 1. The van der Waals surface area contributed by atoms with Crippen molar-refractivity contribution in [1.82, 2.24) is 19.4 Å². The average molecular weight is 292 g/mol. The molecule has 1 aromatic rings. The maximum atomic E-state index is 11.3. The quantitative estimate of drug-likeness (QED) is 0.873. The van der Waals surface area contributed by atoms with Crippen molar-refractivity contribution in [3.05, 3.63) is 18.7 Å². The van der Waals surface area contributed by atoms with Gasteiger partial charge in [-0.25, -0.2) is 4.98 Å². The number of piperidine rings is 1. The van der Waals surface area contributed by atoms with Crippen molar-refractivity contribution in [2.45, 2.75) is 44.3 Å². The summed E-state index contributed by atoms with van der Waals surface area (Å²) in [5, 5.41) is 9.30. The molecule has 0 saturated carbocycles. The predicted octanol–water partition coefficient (Wildman–Crippen LogP) is 0.897. The zero-order valence-electron chi connectivity index (χ0n) is 12.4. The van der Waals surface area contributed by atoms with Crippen LogP contribution < -0.4 is 0 Å². The van der Waals surface area contributed by atoms with E-state index in [-0.39, 0.29) is 6.04 Å². The highest BCUT2D eigenvalue weighted by Crippen LogP contribution is 2.26. The minimum Gasteiger partial charge on any atom is -0.480 e. The molecule has 1 N–H and O–H groups in total. The van der Waals surface area contributed by atoms with Crippen LogP contribution in [0.1, 0.15) is 25.7 Å². The summed E-state index contributed by atoms with van der Waals surface area (Å²) in [5.41, 5.74) is 0. The molecule has 0 bridgehead atoms. The van der Waals surface area contributed by atoms with Crippen LogP contribution >= 0.6 is 0 Å². The van der Waals surface area contributed by atoms with Gasteiger partial charge in [-0.05, 0) is 45.3 Å². The van der Waals surface area contributed by atoms with Crippen LogP contribution in [0.25, 0.3) is 0 Å². The van der Waals surface area contributed by atoms with Crippen LogP contribution in [0, 0.1) is 0 Å². The molecule has 0 aliphatic carbocycles. The van der Waals surface area contributed by atoms with Gasteiger partial charge in [0.25, 0.3) is 0 Å². The third-order valence-corrected chi connectivity index (χ3v) is 4.84. The number of hydrogen-bond donors (Lipinski definition) is 1. The molecule has 2 aliphatic rings. The van der Waals surface area contributed by atoms with Crippen LogP contribution in [0.2, 0.25) is 0 Å². The lowest BCUT2D eigenvalue weighted by atomic mass is 10.0.